The number of nitrogens with zero attached hydrogens (tertiary/aromatic N) is 2. The first-order valence-corrected chi connectivity index (χ1v) is 6.69. The summed E-state index contributed by atoms with van der Waals surface area (Å²) in [6.45, 7) is 5.38. The molecule has 1 aromatic heterocycles. The van der Waals surface area contributed by atoms with Gasteiger partial charge in [0, 0.05) is 6.08 Å². The molecule has 7 nitrogen and oxygen atoms in total. The fourth-order valence-electron chi connectivity index (χ4n) is 1.84. The van der Waals surface area contributed by atoms with Crippen LogP contribution in [0.15, 0.2) is 24.3 Å². The number of aromatic nitrogens is 3. The molecule has 2 rings (SSSR count). The maximum absolute atomic E-state index is 12.0. The Bertz CT molecular complexity index is 719. The van der Waals surface area contributed by atoms with Crippen LogP contribution in [0.2, 0.25) is 0 Å². The first kappa shape index (κ1) is 15.6. The number of H-pyrrole nitrogens is 1. The molecule has 0 radical (unpaired) electrons. The van der Waals surface area contributed by atoms with Crippen molar-refractivity contribution in [3.63, 3.8) is 0 Å². The van der Waals surface area contributed by atoms with E-state index in [0.29, 0.717) is 17.2 Å². The van der Waals surface area contributed by atoms with E-state index in [1.54, 1.807) is 26.8 Å². The number of nitrogens with one attached hydrogen (secondary N) is 2. The van der Waals surface area contributed by atoms with Gasteiger partial charge in [-0.25, -0.2) is 4.98 Å². The average Bonchev–Trinajstić information content (AvgIpc) is 2.87. The van der Waals surface area contributed by atoms with Crippen molar-refractivity contribution in [2.75, 3.05) is 0 Å². The minimum atomic E-state index is -0.719. The van der Waals surface area contributed by atoms with Gasteiger partial charge < -0.3 is 15.5 Å². The van der Waals surface area contributed by atoms with Crippen molar-refractivity contribution < 1.29 is 15.0 Å². The molecule has 1 aromatic carbocycles. The molecule has 0 spiro atoms. The van der Waals surface area contributed by atoms with Crippen molar-refractivity contribution >= 4 is 12.0 Å². The summed E-state index contributed by atoms with van der Waals surface area (Å²) in [6.07, 6.45) is 2.88. The number of amides is 1. The zero-order valence-corrected chi connectivity index (χ0v) is 12.6. The minimum Gasteiger partial charge on any atom is -0.504 e. The molecular formula is C15H18N4O3. The van der Waals surface area contributed by atoms with Crippen LogP contribution in [0.4, 0.5) is 0 Å². The van der Waals surface area contributed by atoms with Gasteiger partial charge in [-0.3, -0.25) is 9.89 Å². The lowest BCUT2D eigenvalue weighted by molar-refractivity contribution is -0.118. The first-order valence-electron chi connectivity index (χ1n) is 6.69. The maximum Gasteiger partial charge on any atom is 0.244 e. The fraction of sp³-hybridized carbons (Fsp3) is 0.267. The van der Waals surface area contributed by atoms with Crippen molar-refractivity contribution in [1.29, 1.82) is 0 Å². The van der Waals surface area contributed by atoms with E-state index < -0.39 is 5.54 Å². The van der Waals surface area contributed by atoms with Gasteiger partial charge in [0.05, 0.1) is 5.54 Å². The maximum atomic E-state index is 12.0. The van der Waals surface area contributed by atoms with Gasteiger partial charge in [-0.1, -0.05) is 6.07 Å². The number of aryl methyl sites for hydroxylation is 1. The Morgan fingerprint density at radius 2 is 2.05 bits per heavy atom. The predicted molar refractivity (Wildman–Crippen MR) is 81.1 cm³/mol. The van der Waals surface area contributed by atoms with E-state index in [1.807, 2.05) is 0 Å². The Morgan fingerprint density at radius 1 is 1.32 bits per heavy atom. The molecule has 0 atom stereocenters. The van der Waals surface area contributed by atoms with Gasteiger partial charge in [-0.2, -0.15) is 5.10 Å². The third-order valence-electron chi connectivity index (χ3n) is 3.02. The predicted octanol–water partition coefficient (Wildman–Crippen LogP) is 1.59. The van der Waals surface area contributed by atoms with E-state index in [0.717, 1.165) is 0 Å². The van der Waals surface area contributed by atoms with Crippen LogP contribution in [0.3, 0.4) is 0 Å². The molecule has 0 fully saturated rings. The Balaban J connectivity index is 2.05. The molecule has 4 N–H and O–H groups in total. The molecule has 0 saturated carbocycles. The summed E-state index contributed by atoms with van der Waals surface area (Å²) in [4.78, 5) is 16.2. The van der Waals surface area contributed by atoms with Crippen molar-refractivity contribution in [3.8, 4) is 11.5 Å². The van der Waals surface area contributed by atoms with Gasteiger partial charge in [0.25, 0.3) is 0 Å². The third kappa shape index (κ3) is 3.63. The van der Waals surface area contributed by atoms with Crippen molar-refractivity contribution in [1.82, 2.24) is 20.5 Å². The molecule has 7 heteroatoms. The Morgan fingerprint density at radius 3 is 2.64 bits per heavy atom. The van der Waals surface area contributed by atoms with Gasteiger partial charge in [0.2, 0.25) is 5.91 Å². The standard InChI is InChI=1S/C15H18N4O3/c1-9-16-14(19-18-9)15(2,3)17-13(22)7-5-10-4-6-11(20)12(21)8-10/h4-8,20-21H,1-3H3,(H,17,22)(H,16,18,19)/b7-5+. The number of aromatic amines is 1. The summed E-state index contributed by atoms with van der Waals surface area (Å²) in [5.41, 5.74) is -0.125. The molecule has 116 valence electrons. The Labute approximate surface area is 127 Å². The highest BCUT2D eigenvalue weighted by Gasteiger charge is 2.26. The Hall–Kier alpha value is -2.83. The SMILES string of the molecule is Cc1nc(C(C)(C)NC(=O)/C=C/c2ccc(O)c(O)c2)n[nH]1. The van der Waals surface area contributed by atoms with E-state index >= 15 is 0 Å². The molecule has 2 aromatic rings. The number of hydrogen-bond acceptors (Lipinski definition) is 5. The Kier molecular flexibility index (Phi) is 4.16. The highest BCUT2D eigenvalue weighted by Crippen LogP contribution is 2.25. The second-order valence-corrected chi connectivity index (χ2v) is 5.44. The van der Waals surface area contributed by atoms with Crippen LogP contribution >= 0.6 is 0 Å². The molecule has 0 unspecified atom stereocenters. The van der Waals surface area contributed by atoms with Gasteiger partial charge in [-0.15, -0.1) is 0 Å². The minimum absolute atomic E-state index is 0.206. The number of carbonyl (C=O) groups is 1. The van der Waals surface area contributed by atoms with E-state index in [4.69, 9.17) is 0 Å². The second kappa shape index (κ2) is 5.88. The lowest BCUT2D eigenvalue weighted by Crippen LogP contribution is -2.41. The lowest BCUT2D eigenvalue weighted by atomic mass is 10.0. The van der Waals surface area contributed by atoms with Crippen LogP contribution in [-0.4, -0.2) is 31.3 Å². The topological polar surface area (TPSA) is 111 Å². The van der Waals surface area contributed by atoms with Gasteiger partial charge in [-0.05, 0) is 44.5 Å². The normalized spacial score (nSPS) is 11.8. The summed E-state index contributed by atoms with van der Waals surface area (Å²) < 4.78 is 0. The monoisotopic (exact) mass is 302 g/mol. The van der Waals surface area contributed by atoms with Crippen LogP contribution < -0.4 is 5.32 Å². The van der Waals surface area contributed by atoms with Crippen LogP contribution in [0.25, 0.3) is 6.08 Å². The molecule has 0 aliphatic heterocycles. The van der Waals surface area contributed by atoms with Crippen LogP contribution in [0.1, 0.15) is 31.1 Å². The van der Waals surface area contributed by atoms with Crippen LogP contribution in [0, 0.1) is 6.92 Å². The molecule has 0 aliphatic rings. The third-order valence-corrected chi connectivity index (χ3v) is 3.02. The zero-order valence-electron chi connectivity index (χ0n) is 12.6. The number of phenolic OH excluding ortho intramolecular Hbond substituents is 2. The largest absolute Gasteiger partial charge is 0.504 e. The van der Waals surface area contributed by atoms with E-state index in [1.165, 1.54) is 24.3 Å². The van der Waals surface area contributed by atoms with E-state index in [2.05, 4.69) is 20.5 Å². The smallest absolute Gasteiger partial charge is 0.244 e. The summed E-state index contributed by atoms with van der Waals surface area (Å²) in [5, 5.41) is 28.2. The molecule has 0 saturated heterocycles. The quantitative estimate of drug-likeness (QED) is 0.506. The number of carbonyl (C=O) groups excluding carboxylic acids is 1. The van der Waals surface area contributed by atoms with Gasteiger partial charge in [0.15, 0.2) is 17.3 Å². The van der Waals surface area contributed by atoms with E-state index in [-0.39, 0.29) is 17.4 Å². The number of phenols is 2. The summed E-state index contributed by atoms with van der Waals surface area (Å²) in [5.74, 6) is 0.406. The number of rotatable bonds is 4. The van der Waals surface area contributed by atoms with Crippen molar-refractivity contribution in [3.05, 3.63) is 41.5 Å². The van der Waals surface area contributed by atoms with E-state index in [9.17, 15) is 15.0 Å². The van der Waals surface area contributed by atoms with Crippen molar-refractivity contribution in [2.45, 2.75) is 26.3 Å². The molecule has 1 heterocycles. The van der Waals surface area contributed by atoms with Crippen LogP contribution in [0.5, 0.6) is 11.5 Å². The van der Waals surface area contributed by atoms with Gasteiger partial charge in [0.1, 0.15) is 5.82 Å². The number of aromatic hydroxyl groups is 2. The van der Waals surface area contributed by atoms with Crippen molar-refractivity contribution in [2.24, 2.45) is 0 Å². The summed E-state index contributed by atoms with van der Waals surface area (Å²) >= 11 is 0. The molecule has 22 heavy (non-hydrogen) atoms. The summed E-state index contributed by atoms with van der Waals surface area (Å²) in [7, 11) is 0. The molecular weight excluding hydrogens is 284 g/mol. The fourth-order valence-corrected chi connectivity index (χ4v) is 1.84. The number of benzene rings is 1. The average molecular weight is 302 g/mol. The number of hydrogen-bond donors (Lipinski definition) is 4. The second-order valence-electron chi connectivity index (χ2n) is 5.44. The lowest BCUT2D eigenvalue weighted by Gasteiger charge is -2.21. The molecule has 1 amide bonds. The summed E-state index contributed by atoms with van der Waals surface area (Å²) in [6, 6.07) is 4.30. The highest BCUT2D eigenvalue weighted by atomic mass is 16.3. The zero-order chi connectivity index (χ0) is 16.3. The van der Waals surface area contributed by atoms with Gasteiger partial charge >= 0.3 is 0 Å². The molecule has 0 aliphatic carbocycles. The highest BCUT2D eigenvalue weighted by molar-refractivity contribution is 5.92. The first-order chi connectivity index (χ1) is 10.3. The van der Waals surface area contributed by atoms with Crippen LogP contribution in [-0.2, 0) is 10.3 Å². The molecule has 0 bridgehead atoms.